The number of allylic oxidation sites excluding steroid dienone is 5. The number of rotatable bonds is 3. The molecule has 1 heterocycles. The molecule has 0 radical (unpaired) electrons. The largest absolute Gasteiger partial charge is 0.396 e. The van der Waals surface area contributed by atoms with Crippen LogP contribution in [0.25, 0.3) is 0 Å². The Kier molecular flexibility index (Phi) is 6.73. The van der Waals surface area contributed by atoms with E-state index in [2.05, 4.69) is 45.2 Å². The maximum Gasteiger partial charge on any atom is 0.235 e. The highest BCUT2D eigenvalue weighted by atomic mass is 16.3. The highest BCUT2D eigenvalue weighted by Crippen LogP contribution is 2.55. The van der Waals surface area contributed by atoms with Crippen molar-refractivity contribution in [3.8, 4) is 0 Å². The molecule has 1 fully saturated rings. The molecule has 166 valence electrons. The number of aliphatic hydroxyl groups excluding tert-OH is 2. The normalized spacial score (nSPS) is 42.4. The summed E-state index contributed by atoms with van der Waals surface area (Å²) in [6, 6.07) is -0.0510. The maximum absolute atomic E-state index is 13.7. The summed E-state index contributed by atoms with van der Waals surface area (Å²) >= 11 is 0. The van der Waals surface area contributed by atoms with Gasteiger partial charge in [-0.15, -0.1) is 0 Å². The Morgan fingerprint density at radius 3 is 2.57 bits per heavy atom. The van der Waals surface area contributed by atoms with E-state index in [4.69, 9.17) is 0 Å². The van der Waals surface area contributed by atoms with Crippen molar-refractivity contribution in [2.24, 2.45) is 35.0 Å². The highest BCUT2D eigenvalue weighted by Gasteiger charge is 2.64. The van der Waals surface area contributed by atoms with E-state index < -0.39 is 11.5 Å². The summed E-state index contributed by atoms with van der Waals surface area (Å²) < 4.78 is 0. The maximum atomic E-state index is 13.7. The van der Waals surface area contributed by atoms with Gasteiger partial charge in [-0.25, -0.2) is 0 Å². The molecule has 0 saturated carbocycles. The molecule has 0 aromatic carbocycles. The number of nitrogens with one attached hydrogen (secondary N) is 1. The second-order valence-electron chi connectivity index (χ2n) is 10.1. The molecule has 1 amide bonds. The number of ketones is 1. The summed E-state index contributed by atoms with van der Waals surface area (Å²) in [5.74, 6) is -0.445. The Bertz CT molecular complexity index is 780. The molecule has 5 nitrogen and oxygen atoms in total. The molecule has 3 aliphatic rings. The second kappa shape index (κ2) is 8.80. The van der Waals surface area contributed by atoms with Crippen LogP contribution in [-0.2, 0) is 9.59 Å². The topological polar surface area (TPSA) is 86.6 Å². The summed E-state index contributed by atoms with van der Waals surface area (Å²) in [4.78, 5) is 27.3. The van der Waals surface area contributed by atoms with Crippen LogP contribution < -0.4 is 5.32 Å². The van der Waals surface area contributed by atoms with Crippen LogP contribution in [0.4, 0.5) is 0 Å². The Balaban J connectivity index is 2.19. The molecule has 3 rings (SSSR count). The van der Waals surface area contributed by atoms with Crippen molar-refractivity contribution < 1.29 is 19.8 Å². The van der Waals surface area contributed by atoms with E-state index in [0.29, 0.717) is 18.8 Å². The molecule has 7 atom stereocenters. The van der Waals surface area contributed by atoms with Gasteiger partial charge < -0.3 is 15.5 Å². The van der Waals surface area contributed by atoms with E-state index in [1.54, 1.807) is 0 Å². The second-order valence-corrected chi connectivity index (χ2v) is 10.1. The fourth-order valence-corrected chi connectivity index (χ4v) is 5.95. The predicted molar refractivity (Wildman–Crippen MR) is 117 cm³/mol. The minimum Gasteiger partial charge on any atom is -0.396 e. The summed E-state index contributed by atoms with van der Waals surface area (Å²) in [7, 11) is 0. The first-order valence-corrected chi connectivity index (χ1v) is 11.3. The number of hydrogen-bond acceptors (Lipinski definition) is 4. The molecule has 5 heteroatoms. The lowest BCUT2D eigenvalue weighted by molar-refractivity contribution is -0.142. The quantitative estimate of drug-likeness (QED) is 0.488. The molecule has 1 unspecified atom stereocenters. The number of amides is 1. The van der Waals surface area contributed by atoms with Gasteiger partial charge in [0.1, 0.15) is 5.41 Å². The van der Waals surface area contributed by atoms with Gasteiger partial charge in [-0.2, -0.15) is 0 Å². The zero-order chi connectivity index (χ0) is 22.2. The zero-order valence-corrected chi connectivity index (χ0v) is 18.9. The number of carbonyl (C=O) groups is 2. The van der Waals surface area contributed by atoms with E-state index in [1.807, 2.05) is 6.92 Å². The van der Waals surface area contributed by atoms with Crippen molar-refractivity contribution in [3.63, 3.8) is 0 Å². The summed E-state index contributed by atoms with van der Waals surface area (Å²) in [6.45, 7) is 10.5. The monoisotopic (exact) mass is 415 g/mol. The lowest BCUT2D eigenvalue weighted by Gasteiger charge is -2.44. The van der Waals surface area contributed by atoms with Crippen LogP contribution >= 0.6 is 0 Å². The summed E-state index contributed by atoms with van der Waals surface area (Å²) in [6.07, 6.45) is 8.12. The lowest BCUT2D eigenvalue weighted by atomic mass is 9.55. The van der Waals surface area contributed by atoms with Crippen LogP contribution in [0.5, 0.6) is 0 Å². The van der Waals surface area contributed by atoms with Gasteiger partial charge in [-0.3, -0.25) is 9.59 Å². The van der Waals surface area contributed by atoms with E-state index in [0.717, 1.165) is 12.0 Å². The molecule has 1 spiro atoms. The first-order valence-electron chi connectivity index (χ1n) is 11.3. The van der Waals surface area contributed by atoms with Crippen molar-refractivity contribution >= 4 is 11.7 Å². The zero-order valence-electron chi connectivity index (χ0n) is 18.9. The van der Waals surface area contributed by atoms with Crippen LogP contribution in [0.2, 0.25) is 0 Å². The van der Waals surface area contributed by atoms with Gasteiger partial charge in [0.05, 0.1) is 6.10 Å². The highest BCUT2D eigenvalue weighted by molar-refractivity contribution is 6.13. The molecule has 3 N–H and O–H groups in total. The fourth-order valence-electron chi connectivity index (χ4n) is 5.95. The predicted octanol–water partition coefficient (Wildman–Crippen LogP) is 3.18. The standard InChI is InChI=1S/C25H37NO4/c1-14(2)8-21-23-17(5)16(4)11-19-10-15(3)9-18(13-27)12-20(28)6-7-22(29)25(19,23)24(30)26-21/h6-7,10-11,14,17-21,23,27-28H,8-9,12-13H2,1-5H3,(H,26,30)/b7-6+,15-10+/t17-,18?,19+,20-,21+,23+,25+/m1/s1. The summed E-state index contributed by atoms with van der Waals surface area (Å²) in [5.41, 5.74) is 1.06. The van der Waals surface area contributed by atoms with Gasteiger partial charge in [0, 0.05) is 24.5 Å². The van der Waals surface area contributed by atoms with Crippen molar-refractivity contribution in [2.45, 2.75) is 66.0 Å². The molecular weight excluding hydrogens is 378 g/mol. The van der Waals surface area contributed by atoms with E-state index in [9.17, 15) is 19.8 Å². The van der Waals surface area contributed by atoms with Crippen molar-refractivity contribution in [1.29, 1.82) is 0 Å². The van der Waals surface area contributed by atoms with E-state index in [-0.39, 0.29) is 48.0 Å². The molecular formula is C25H37NO4. The van der Waals surface area contributed by atoms with Crippen LogP contribution in [-0.4, -0.2) is 40.7 Å². The Hall–Kier alpha value is -1.72. The SMILES string of the molecule is CC1=C[C@@H]2/C=C(\C)CC(CO)C[C@H](O)/C=C/C(=O)[C@@]23C(=O)N[C@@H](CC(C)C)[C@@H]3[C@@H]1C. The van der Waals surface area contributed by atoms with Crippen LogP contribution in [0.15, 0.2) is 35.5 Å². The average molecular weight is 416 g/mol. The summed E-state index contributed by atoms with van der Waals surface area (Å²) in [5, 5.41) is 23.3. The molecule has 1 saturated heterocycles. The number of aliphatic hydroxyl groups is 2. The van der Waals surface area contributed by atoms with Gasteiger partial charge in [-0.05, 0) is 56.9 Å². The van der Waals surface area contributed by atoms with E-state index in [1.165, 1.54) is 17.7 Å². The number of hydrogen-bond donors (Lipinski definition) is 3. The molecule has 0 aromatic rings. The molecule has 30 heavy (non-hydrogen) atoms. The molecule has 2 aliphatic carbocycles. The third-order valence-electron chi connectivity index (χ3n) is 7.39. The Morgan fingerprint density at radius 1 is 1.23 bits per heavy atom. The smallest absolute Gasteiger partial charge is 0.235 e. The van der Waals surface area contributed by atoms with Gasteiger partial charge in [-0.1, -0.05) is 50.1 Å². The third-order valence-corrected chi connectivity index (χ3v) is 7.39. The van der Waals surface area contributed by atoms with Crippen molar-refractivity contribution in [2.75, 3.05) is 6.61 Å². The Morgan fingerprint density at radius 2 is 1.93 bits per heavy atom. The fraction of sp³-hybridized carbons (Fsp3) is 0.680. The number of carbonyl (C=O) groups excluding carboxylic acids is 2. The lowest BCUT2D eigenvalue weighted by Crippen LogP contribution is -2.51. The van der Waals surface area contributed by atoms with Crippen LogP contribution in [0.3, 0.4) is 0 Å². The molecule has 0 bridgehead atoms. The molecule has 0 aromatic heterocycles. The first-order chi connectivity index (χ1) is 14.1. The van der Waals surface area contributed by atoms with Gasteiger partial charge >= 0.3 is 0 Å². The van der Waals surface area contributed by atoms with Crippen LogP contribution in [0, 0.1) is 35.0 Å². The van der Waals surface area contributed by atoms with Crippen molar-refractivity contribution in [3.05, 3.63) is 35.5 Å². The third kappa shape index (κ3) is 3.94. The van der Waals surface area contributed by atoms with E-state index >= 15 is 0 Å². The van der Waals surface area contributed by atoms with Crippen molar-refractivity contribution in [1.82, 2.24) is 5.32 Å². The first kappa shape index (κ1) is 23.0. The van der Waals surface area contributed by atoms with Gasteiger partial charge in [0.15, 0.2) is 5.78 Å². The average Bonchev–Trinajstić information content (AvgIpc) is 2.94. The van der Waals surface area contributed by atoms with Crippen LogP contribution in [0.1, 0.15) is 53.9 Å². The molecule has 1 aliphatic heterocycles. The van der Waals surface area contributed by atoms with Gasteiger partial charge in [0.2, 0.25) is 5.91 Å². The Labute approximate surface area is 180 Å². The minimum atomic E-state index is -1.19. The van der Waals surface area contributed by atoms with Gasteiger partial charge in [0.25, 0.3) is 0 Å². The minimum absolute atomic E-state index is 0.0225.